The first kappa shape index (κ1) is 22.1. The molecule has 0 spiro atoms. The molecule has 162 valence electrons. The first-order chi connectivity index (χ1) is 13.9. The van der Waals surface area contributed by atoms with Crippen LogP contribution in [0.4, 0.5) is 4.79 Å². The van der Waals surface area contributed by atoms with Gasteiger partial charge in [0.2, 0.25) is 0 Å². The highest BCUT2D eigenvalue weighted by molar-refractivity contribution is 5.68. The monoisotopic (exact) mass is 405 g/mol. The van der Waals surface area contributed by atoms with Crippen molar-refractivity contribution < 1.29 is 23.7 Å². The lowest BCUT2D eigenvalue weighted by Gasteiger charge is -2.40. The number of hydrogen-bond donors (Lipinski definition) is 0. The lowest BCUT2D eigenvalue weighted by atomic mass is 9.91. The molecule has 6 nitrogen and oxygen atoms in total. The highest BCUT2D eigenvalue weighted by atomic mass is 16.6. The highest BCUT2D eigenvalue weighted by Gasteiger charge is 2.34. The van der Waals surface area contributed by atoms with Gasteiger partial charge in [-0.1, -0.05) is 30.3 Å². The predicted octanol–water partition coefficient (Wildman–Crippen LogP) is 4.17. The fraction of sp³-hybridized carbons (Fsp3) is 0.696. The maximum Gasteiger partial charge on any atom is 0.410 e. The van der Waals surface area contributed by atoms with Crippen LogP contribution in [0.5, 0.6) is 0 Å². The molecule has 1 aromatic carbocycles. The van der Waals surface area contributed by atoms with E-state index in [0.717, 1.165) is 25.7 Å². The Morgan fingerprint density at radius 1 is 1.00 bits per heavy atom. The molecule has 1 amide bonds. The van der Waals surface area contributed by atoms with E-state index in [1.54, 1.807) is 4.90 Å². The van der Waals surface area contributed by atoms with E-state index in [0.29, 0.717) is 32.9 Å². The van der Waals surface area contributed by atoms with Gasteiger partial charge in [0.15, 0.2) is 0 Å². The summed E-state index contributed by atoms with van der Waals surface area (Å²) in [6.07, 6.45) is 4.21. The molecular formula is C23H35NO5. The van der Waals surface area contributed by atoms with Crippen LogP contribution in [0, 0.1) is 0 Å². The van der Waals surface area contributed by atoms with Crippen molar-refractivity contribution in [2.75, 3.05) is 26.3 Å². The smallest absolute Gasteiger partial charge is 0.410 e. The van der Waals surface area contributed by atoms with Gasteiger partial charge in [-0.25, -0.2) is 4.79 Å². The van der Waals surface area contributed by atoms with Crippen LogP contribution in [0.1, 0.15) is 52.0 Å². The standard InChI is InChI=1S/C23H35NO5/c1-23(2,3)29-22(25)24-11-9-19(10-12-24)28-21-15-20(16-21)27-14-13-26-17-18-7-5-4-6-8-18/h4-8,19-21H,9-17H2,1-3H3/t20-,21-. The SMILES string of the molecule is CC(C)(C)OC(=O)N1CCC(O[C@H]2C[C@H](OCCOCc3ccccc3)C2)CC1. The number of hydrogen-bond acceptors (Lipinski definition) is 5. The van der Waals surface area contributed by atoms with Crippen molar-refractivity contribution in [2.45, 2.75) is 77.0 Å². The van der Waals surface area contributed by atoms with Gasteiger partial charge >= 0.3 is 6.09 Å². The summed E-state index contributed by atoms with van der Waals surface area (Å²) in [4.78, 5) is 13.9. The Balaban J connectivity index is 1.20. The van der Waals surface area contributed by atoms with E-state index in [-0.39, 0.29) is 24.4 Å². The lowest BCUT2D eigenvalue weighted by molar-refractivity contribution is -0.139. The molecule has 1 aliphatic heterocycles. The van der Waals surface area contributed by atoms with Gasteiger partial charge in [-0.2, -0.15) is 0 Å². The maximum atomic E-state index is 12.1. The number of likely N-dealkylation sites (tertiary alicyclic amines) is 1. The summed E-state index contributed by atoms with van der Waals surface area (Å²) in [7, 11) is 0. The highest BCUT2D eigenvalue weighted by Crippen LogP contribution is 2.29. The molecule has 0 bridgehead atoms. The number of nitrogens with zero attached hydrogens (tertiary/aromatic N) is 1. The van der Waals surface area contributed by atoms with Crippen LogP contribution in [-0.2, 0) is 25.6 Å². The summed E-state index contributed by atoms with van der Waals surface area (Å²) >= 11 is 0. The van der Waals surface area contributed by atoms with Crippen LogP contribution < -0.4 is 0 Å². The van der Waals surface area contributed by atoms with Crippen molar-refractivity contribution in [1.29, 1.82) is 0 Å². The van der Waals surface area contributed by atoms with Crippen molar-refractivity contribution in [2.24, 2.45) is 0 Å². The molecule has 3 rings (SSSR count). The molecular weight excluding hydrogens is 370 g/mol. The van der Waals surface area contributed by atoms with Crippen molar-refractivity contribution in [3.05, 3.63) is 35.9 Å². The number of rotatable bonds is 8. The average molecular weight is 406 g/mol. The average Bonchev–Trinajstić information content (AvgIpc) is 2.65. The topological polar surface area (TPSA) is 57.2 Å². The number of carbonyl (C=O) groups is 1. The van der Waals surface area contributed by atoms with Gasteiger partial charge in [-0.15, -0.1) is 0 Å². The summed E-state index contributed by atoms with van der Waals surface area (Å²) in [6, 6.07) is 10.2. The Bertz CT molecular complexity index is 616. The Morgan fingerprint density at radius 2 is 1.69 bits per heavy atom. The fourth-order valence-corrected chi connectivity index (χ4v) is 3.58. The molecule has 0 unspecified atom stereocenters. The third-order valence-corrected chi connectivity index (χ3v) is 5.22. The van der Waals surface area contributed by atoms with Gasteiger partial charge < -0.3 is 23.8 Å². The second-order valence-corrected chi connectivity index (χ2v) is 8.93. The molecule has 1 aromatic rings. The van der Waals surface area contributed by atoms with E-state index in [1.807, 2.05) is 39.0 Å². The molecule has 0 N–H and O–H groups in total. The minimum atomic E-state index is -0.446. The first-order valence-corrected chi connectivity index (χ1v) is 10.8. The molecule has 2 fully saturated rings. The zero-order valence-corrected chi connectivity index (χ0v) is 18.0. The largest absolute Gasteiger partial charge is 0.444 e. The second kappa shape index (κ2) is 10.4. The molecule has 2 aliphatic rings. The van der Waals surface area contributed by atoms with Crippen LogP contribution in [0.3, 0.4) is 0 Å². The number of piperidine rings is 1. The number of ether oxygens (including phenoxy) is 4. The summed E-state index contributed by atoms with van der Waals surface area (Å²) in [6.45, 7) is 8.94. The molecule has 1 saturated heterocycles. The number of amides is 1. The van der Waals surface area contributed by atoms with Crippen molar-refractivity contribution in [1.82, 2.24) is 4.90 Å². The molecule has 1 aliphatic carbocycles. The van der Waals surface area contributed by atoms with E-state index < -0.39 is 5.60 Å². The zero-order valence-electron chi connectivity index (χ0n) is 18.0. The predicted molar refractivity (Wildman–Crippen MR) is 111 cm³/mol. The van der Waals surface area contributed by atoms with Crippen LogP contribution in [0.25, 0.3) is 0 Å². The van der Waals surface area contributed by atoms with Gasteiger partial charge in [-0.05, 0) is 52.0 Å². The third kappa shape index (κ3) is 7.61. The second-order valence-electron chi connectivity index (χ2n) is 8.93. The van der Waals surface area contributed by atoms with Gasteiger partial charge in [0.1, 0.15) is 5.60 Å². The Kier molecular flexibility index (Phi) is 7.92. The third-order valence-electron chi connectivity index (χ3n) is 5.22. The van der Waals surface area contributed by atoms with Gasteiger partial charge in [-0.3, -0.25) is 0 Å². The Morgan fingerprint density at radius 3 is 2.34 bits per heavy atom. The van der Waals surface area contributed by atoms with Gasteiger partial charge in [0.05, 0.1) is 38.1 Å². The Labute approximate surface area is 174 Å². The van der Waals surface area contributed by atoms with Crippen LogP contribution in [0.15, 0.2) is 30.3 Å². The van der Waals surface area contributed by atoms with Gasteiger partial charge in [0.25, 0.3) is 0 Å². The van der Waals surface area contributed by atoms with Gasteiger partial charge in [0, 0.05) is 13.1 Å². The number of benzene rings is 1. The van der Waals surface area contributed by atoms with Crippen molar-refractivity contribution >= 4 is 6.09 Å². The lowest BCUT2D eigenvalue weighted by Crippen LogP contribution is -2.46. The maximum absolute atomic E-state index is 12.1. The van der Waals surface area contributed by atoms with E-state index in [9.17, 15) is 4.79 Å². The Hall–Kier alpha value is -1.63. The minimum Gasteiger partial charge on any atom is -0.444 e. The number of carbonyl (C=O) groups excluding carboxylic acids is 1. The molecule has 0 atom stereocenters. The first-order valence-electron chi connectivity index (χ1n) is 10.8. The van der Waals surface area contributed by atoms with Crippen LogP contribution in [-0.4, -0.2) is 61.2 Å². The van der Waals surface area contributed by atoms with Crippen molar-refractivity contribution in [3.63, 3.8) is 0 Å². The summed E-state index contributed by atoms with van der Waals surface area (Å²) in [5.74, 6) is 0. The normalized spacial score (nSPS) is 22.9. The molecule has 6 heteroatoms. The van der Waals surface area contributed by atoms with E-state index in [2.05, 4.69) is 12.1 Å². The fourth-order valence-electron chi connectivity index (χ4n) is 3.58. The molecule has 1 saturated carbocycles. The minimum absolute atomic E-state index is 0.220. The molecule has 0 aromatic heterocycles. The quantitative estimate of drug-likeness (QED) is 0.608. The molecule has 1 heterocycles. The van der Waals surface area contributed by atoms with Crippen LogP contribution >= 0.6 is 0 Å². The molecule has 29 heavy (non-hydrogen) atoms. The van der Waals surface area contributed by atoms with E-state index in [1.165, 1.54) is 5.56 Å². The zero-order chi connectivity index (χ0) is 20.7. The van der Waals surface area contributed by atoms with E-state index in [4.69, 9.17) is 18.9 Å². The molecule has 0 radical (unpaired) electrons. The summed E-state index contributed by atoms with van der Waals surface area (Å²) in [5.41, 5.74) is 0.736. The van der Waals surface area contributed by atoms with E-state index >= 15 is 0 Å². The summed E-state index contributed by atoms with van der Waals surface area (Å²) < 4.78 is 23.1. The summed E-state index contributed by atoms with van der Waals surface area (Å²) in [5, 5.41) is 0. The van der Waals surface area contributed by atoms with Crippen molar-refractivity contribution in [3.8, 4) is 0 Å². The van der Waals surface area contributed by atoms with Crippen LogP contribution in [0.2, 0.25) is 0 Å².